The number of nitrogens with zero attached hydrogens (tertiary/aromatic N) is 3. The van der Waals surface area contributed by atoms with E-state index >= 15 is 0 Å². The van der Waals surface area contributed by atoms with Crippen LogP contribution in [0.1, 0.15) is 41.6 Å². The molecule has 0 amide bonds. The molecule has 10 heteroatoms. The fraction of sp³-hybridized carbons (Fsp3) is 0.179. The fourth-order valence-electron chi connectivity index (χ4n) is 4.49. The van der Waals surface area contributed by atoms with Gasteiger partial charge in [-0.25, -0.2) is 9.78 Å². The van der Waals surface area contributed by atoms with Gasteiger partial charge in [0.1, 0.15) is 11.4 Å². The van der Waals surface area contributed by atoms with E-state index in [4.69, 9.17) is 16.7 Å². The average molecular weight is 540 g/mol. The summed E-state index contributed by atoms with van der Waals surface area (Å²) in [5.74, 6) is -1.45. The van der Waals surface area contributed by atoms with Gasteiger partial charge in [-0.15, -0.1) is 13.2 Å². The zero-order valence-electron chi connectivity index (χ0n) is 19.8. The van der Waals surface area contributed by atoms with Gasteiger partial charge < -0.3 is 14.2 Å². The summed E-state index contributed by atoms with van der Waals surface area (Å²) in [4.78, 5) is 19.6. The Kier molecular flexibility index (Phi) is 6.94. The van der Waals surface area contributed by atoms with Gasteiger partial charge >= 0.3 is 12.3 Å². The predicted octanol–water partition coefficient (Wildman–Crippen LogP) is 7.14. The molecular formula is C28H21ClF3N3O3. The van der Waals surface area contributed by atoms with Crippen LogP contribution in [0.5, 0.6) is 5.75 Å². The molecule has 1 N–H and O–H groups in total. The summed E-state index contributed by atoms with van der Waals surface area (Å²) >= 11 is 6.55. The fourth-order valence-corrected chi connectivity index (χ4v) is 4.75. The first-order valence-electron chi connectivity index (χ1n) is 11.8. The topological polar surface area (TPSA) is 76.7 Å². The second-order valence-corrected chi connectivity index (χ2v) is 9.28. The predicted molar refractivity (Wildman–Crippen MR) is 137 cm³/mol. The van der Waals surface area contributed by atoms with Crippen LogP contribution in [0.3, 0.4) is 0 Å². The Balaban J connectivity index is 1.71. The molecule has 1 saturated carbocycles. The van der Waals surface area contributed by atoms with Crippen molar-refractivity contribution >= 4 is 40.4 Å². The number of hydrogen-bond donors (Lipinski definition) is 1. The van der Waals surface area contributed by atoms with E-state index in [0.717, 1.165) is 65.5 Å². The molecule has 0 aliphatic heterocycles. The summed E-state index contributed by atoms with van der Waals surface area (Å²) in [7, 11) is 0. The van der Waals surface area contributed by atoms with Crippen LogP contribution in [-0.2, 0) is 4.79 Å². The molecule has 0 bridgehead atoms. The summed E-state index contributed by atoms with van der Waals surface area (Å²) in [5.41, 5.74) is 5.19. The van der Waals surface area contributed by atoms with Gasteiger partial charge in [0, 0.05) is 30.7 Å². The first kappa shape index (κ1) is 25.5. The van der Waals surface area contributed by atoms with Crippen molar-refractivity contribution in [2.75, 3.05) is 0 Å². The number of carbonyl (C=O) groups is 1. The van der Waals surface area contributed by atoms with Crippen LogP contribution in [-0.4, -0.2) is 31.8 Å². The van der Waals surface area contributed by atoms with Gasteiger partial charge in [-0.3, -0.25) is 4.98 Å². The van der Waals surface area contributed by atoms with Crippen LogP contribution in [0.2, 0.25) is 5.02 Å². The van der Waals surface area contributed by atoms with Crippen molar-refractivity contribution in [3.8, 4) is 5.75 Å². The average Bonchev–Trinajstić information content (AvgIpc) is 3.29. The second-order valence-electron chi connectivity index (χ2n) is 8.87. The standard InChI is InChI=1S/C28H21ClF3N3O3/c29-22-14-21(38-28(30,31)32)15-34-27(22)26(18-2-1-3-18)25(20-9-10-23-33-12-13-35(23)16-20)19-7-4-17(5-8-19)6-11-24(36)37/h4-16,18H,1-3H2,(H,36,37). The minimum absolute atomic E-state index is 0.0517. The Morgan fingerprint density at radius 2 is 1.84 bits per heavy atom. The smallest absolute Gasteiger partial charge is 0.478 e. The highest BCUT2D eigenvalue weighted by Gasteiger charge is 2.33. The Hall–Kier alpha value is -4.11. The normalized spacial score (nSPS) is 14.9. The SMILES string of the molecule is O=C(O)C=Cc1ccc(C(=C(c2ncc(OC(F)(F)F)cc2Cl)C2CCC2)c2ccc3nccn3c2)cc1. The molecule has 0 unspecified atom stereocenters. The summed E-state index contributed by atoms with van der Waals surface area (Å²) in [6.07, 6.45) is 6.95. The molecule has 3 heterocycles. The van der Waals surface area contributed by atoms with Gasteiger partial charge in [-0.2, -0.15) is 0 Å². The number of halogens is 4. The molecule has 1 aromatic carbocycles. The van der Waals surface area contributed by atoms with Crippen molar-refractivity contribution in [2.24, 2.45) is 5.92 Å². The molecule has 0 spiro atoms. The maximum absolute atomic E-state index is 12.8. The van der Waals surface area contributed by atoms with E-state index in [0.29, 0.717) is 11.3 Å². The lowest BCUT2D eigenvalue weighted by molar-refractivity contribution is -0.274. The van der Waals surface area contributed by atoms with Gasteiger partial charge in [-0.1, -0.05) is 42.3 Å². The number of allylic oxidation sites excluding steroid dienone is 1. The van der Waals surface area contributed by atoms with Crippen molar-refractivity contribution in [3.05, 3.63) is 101 Å². The molecule has 38 heavy (non-hydrogen) atoms. The molecule has 5 rings (SSSR count). The van der Waals surface area contributed by atoms with Gasteiger partial charge in [0.25, 0.3) is 0 Å². The quantitative estimate of drug-likeness (QED) is 0.253. The summed E-state index contributed by atoms with van der Waals surface area (Å²) in [6, 6.07) is 12.3. The monoisotopic (exact) mass is 539 g/mol. The lowest BCUT2D eigenvalue weighted by Crippen LogP contribution is -2.18. The maximum Gasteiger partial charge on any atom is 0.573 e. The van der Waals surface area contributed by atoms with Crippen LogP contribution < -0.4 is 4.74 Å². The number of aromatic nitrogens is 3. The Morgan fingerprint density at radius 3 is 2.47 bits per heavy atom. The molecule has 6 nitrogen and oxygen atoms in total. The molecule has 0 atom stereocenters. The van der Waals surface area contributed by atoms with Crippen LogP contribution >= 0.6 is 11.6 Å². The van der Waals surface area contributed by atoms with Crippen LogP contribution in [0, 0.1) is 5.92 Å². The zero-order chi connectivity index (χ0) is 26.9. The highest BCUT2D eigenvalue weighted by molar-refractivity contribution is 6.32. The number of rotatable bonds is 7. The zero-order valence-corrected chi connectivity index (χ0v) is 20.6. The van der Waals surface area contributed by atoms with E-state index in [9.17, 15) is 18.0 Å². The molecule has 3 aromatic heterocycles. The Morgan fingerprint density at radius 1 is 1.11 bits per heavy atom. The number of alkyl halides is 3. The van der Waals surface area contributed by atoms with Crippen molar-refractivity contribution in [2.45, 2.75) is 25.6 Å². The van der Waals surface area contributed by atoms with Crippen LogP contribution in [0.4, 0.5) is 13.2 Å². The van der Waals surface area contributed by atoms with Crippen molar-refractivity contribution in [1.82, 2.24) is 14.4 Å². The number of carboxylic acid groups (broad SMARTS) is 1. The second kappa shape index (κ2) is 10.3. The minimum atomic E-state index is -4.86. The van der Waals surface area contributed by atoms with Crippen molar-refractivity contribution < 1.29 is 27.8 Å². The molecule has 1 aliphatic carbocycles. The van der Waals surface area contributed by atoms with Crippen LogP contribution in [0.25, 0.3) is 22.9 Å². The third-order valence-corrected chi connectivity index (χ3v) is 6.67. The lowest BCUT2D eigenvalue weighted by atomic mass is 9.74. The van der Waals surface area contributed by atoms with Gasteiger partial charge in [0.15, 0.2) is 0 Å². The number of hydrogen-bond acceptors (Lipinski definition) is 4. The molecular weight excluding hydrogens is 519 g/mol. The third kappa shape index (κ3) is 5.57. The molecule has 194 valence electrons. The largest absolute Gasteiger partial charge is 0.573 e. The lowest BCUT2D eigenvalue weighted by Gasteiger charge is -2.31. The molecule has 0 saturated heterocycles. The van der Waals surface area contributed by atoms with E-state index in [1.165, 1.54) is 6.08 Å². The summed E-state index contributed by atoms with van der Waals surface area (Å²) < 4.78 is 44.2. The van der Waals surface area contributed by atoms with Crippen molar-refractivity contribution in [1.29, 1.82) is 0 Å². The minimum Gasteiger partial charge on any atom is -0.478 e. The van der Waals surface area contributed by atoms with Gasteiger partial charge in [-0.05, 0) is 64.8 Å². The Bertz CT molecular complexity index is 1560. The van der Waals surface area contributed by atoms with E-state index in [-0.39, 0.29) is 10.9 Å². The summed E-state index contributed by atoms with van der Waals surface area (Å²) in [6.45, 7) is 0. The number of aliphatic carboxylic acids is 1. The molecule has 0 radical (unpaired) electrons. The Labute approximate surface area is 220 Å². The number of imidazole rings is 1. The third-order valence-electron chi connectivity index (χ3n) is 6.38. The maximum atomic E-state index is 12.8. The number of fused-ring (bicyclic) bond motifs is 1. The van der Waals surface area contributed by atoms with Gasteiger partial charge in [0.05, 0.1) is 16.9 Å². The first-order valence-corrected chi connectivity index (χ1v) is 12.2. The van der Waals surface area contributed by atoms with Crippen molar-refractivity contribution in [3.63, 3.8) is 0 Å². The van der Waals surface area contributed by atoms with E-state index < -0.39 is 18.1 Å². The van der Waals surface area contributed by atoms with E-state index in [2.05, 4.69) is 14.7 Å². The van der Waals surface area contributed by atoms with E-state index in [1.807, 2.05) is 41.1 Å². The number of benzene rings is 1. The first-order chi connectivity index (χ1) is 18.2. The van der Waals surface area contributed by atoms with Gasteiger partial charge in [0.2, 0.25) is 0 Å². The number of pyridine rings is 2. The highest BCUT2D eigenvalue weighted by atomic mass is 35.5. The highest BCUT2D eigenvalue weighted by Crippen LogP contribution is 2.46. The number of carboxylic acids is 1. The van der Waals surface area contributed by atoms with E-state index in [1.54, 1.807) is 18.3 Å². The molecule has 4 aromatic rings. The molecule has 1 fully saturated rings. The molecule has 1 aliphatic rings. The number of ether oxygens (including phenoxy) is 1. The summed E-state index contributed by atoms with van der Waals surface area (Å²) in [5, 5.41) is 9.00. The van der Waals surface area contributed by atoms with Crippen LogP contribution in [0.15, 0.2) is 73.3 Å².